The van der Waals surface area contributed by atoms with Crippen LogP contribution in [0.1, 0.15) is 16.7 Å². The molecule has 1 aromatic heterocycles. The summed E-state index contributed by atoms with van der Waals surface area (Å²) in [5, 5.41) is 36.5. The molecule has 0 bridgehead atoms. The molecule has 0 amide bonds. The summed E-state index contributed by atoms with van der Waals surface area (Å²) in [6.45, 7) is 0. The van der Waals surface area contributed by atoms with Gasteiger partial charge in [0.25, 0.3) is 0 Å². The number of fused-ring (bicyclic) bond motifs is 3. The molecule has 5 heteroatoms. The Bertz CT molecular complexity index is 2490. The molecule has 8 aromatic rings. The summed E-state index contributed by atoms with van der Waals surface area (Å²) in [7, 11) is -2.68. The van der Waals surface area contributed by atoms with Crippen LogP contribution in [0.25, 0.3) is 38.6 Å². The van der Waals surface area contributed by atoms with Crippen molar-refractivity contribution in [2.75, 3.05) is 0 Å². The van der Waals surface area contributed by atoms with E-state index in [4.69, 9.17) is 0 Å². The first kappa shape index (κ1) is 30.4. The molecule has 0 aliphatic rings. The van der Waals surface area contributed by atoms with E-state index in [0.717, 1.165) is 38.6 Å². The third-order valence-electron chi connectivity index (χ3n) is 9.60. The van der Waals surface area contributed by atoms with Crippen LogP contribution in [0.2, 0.25) is 0 Å². The lowest BCUT2D eigenvalue weighted by Crippen LogP contribution is -2.74. The van der Waals surface area contributed by atoms with Crippen LogP contribution in [0, 0.1) is 34.0 Å². The number of nitrogens with zero attached hydrogens (tertiary/aromatic N) is 4. The molecule has 0 saturated heterocycles. The summed E-state index contributed by atoms with van der Waals surface area (Å²) in [6, 6.07) is 65.4. The molecule has 0 N–H and O–H groups in total. The molecule has 0 fully saturated rings. The largest absolute Gasteiger partial charge is 0.309 e. The van der Waals surface area contributed by atoms with Crippen molar-refractivity contribution in [2.24, 2.45) is 0 Å². The Morgan fingerprint density at radius 1 is 0.380 bits per heavy atom. The summed E-state index contributed by atoms with van der Waals surface area (Å²) in [6.07, 6.45) is 0. The second-order valence-electron chi connectivity index (χ2n) is 12.3. The van der Waals surface area contributed by atoms with E-state index >= 15 is 0 Å². The van der Waals surface area contributed by atoms with E-state index in [1.54, 1.807) is 12.1 Å². The van der Waals surface area contributed by atoms with Gasteiger partial charge in [0, 0.05) is 16.5 Å². The minimum absolute atomic E-state index is 0.542. The maximum Gasteiger partial charge on any atom is 0.179 e. The van der Waals surface area contributed by atoms with E-state index in [2.05, 4.69) is 144 Å². The Labute approximate surface area is 291 Å². The SMILES string of the molecule is N#Cc1cc(-c2ccc([Si](c3ccccc3)(c3ccccc3)c3ccccc3)cc2)cc(-n2c3ccc(C#N)cc3c3cc(C#N)ccc32)c1. The number of benzene rings is 7. The first-order valence-corrected chi connectivity index (χ1v) is 18.4. The zero-order chi connectivity index (χ0) is 34.1. The fraction of sp³-hybridized carbons (Fsp3) is 0. The Morgan fingerprint density at radius 3 is 1.26 bits per heavy atom. The molecule has 0 spiro atoms. The van der Waals surface area contributed by atoms with Crippen molar-refractivity contribution in [3.8, 4) is 35.0 Å². The van der Waals surface area contributed by atoms with Gasteiger partial charge >= 0.3 is 0 Å². The summed E-state index contributed by atoms with van der Waals surface area (Å²) in [5.41, 5.74) is 6.19. The summed E-state index contributed by atoms with van der Waals surface area (Å²) < 4.78 is 2.11. The smallest absolute Gasteiger partial charge is 0.179 e. The van der Waals surface area contributed by atoms with Gasteiger partial charge in [-0.05, 0) is 86.5 Å². The van der Waals surface area contributed by atoms with Gasteiger partial charge in [-0.15, -0.1) is 0 Å². The van der Waals surface area contributed by atoms with Crippen LogP contribution in [-0.2, 0) is 0 Å². The summed E-state index contributed by atoms with van der Waals surface area (Å²) in [4.78, 5) is 0. The first-order valence-electron chi connectivity index (χ1n) is 16.4. The zero-order valence-electron chi connectivity index (χ0n) is 27.0. The second-order valence-corrected chi connectivity index (χ2v) is 16.1. The van der Waals surface area contributed by atoms with Crippen LogP contribution >= 0.6 is 0 Å². The highest BCUT2D eigenvalue weighted by Crippen LogP contribution is 2.35. The van der Waals surface area contributed by atoms with Gasteiger partial charge in [-0.25, -0.2) is 0 Å². The van der Waals surface area contributed by atoms with E-state index < -0.39 is 8.07 Å². The Balaban J connectivity index is 1.32. The maximum absolute atomic E-state index is 10.2. The van der Waals surface area contributed by atoms with Gasteiger partial charge in [0.1, 0.15) is 0 Å². The summed E-state index contributed by atoms with van der Waals surface area (Å²) >= 11 is 0. The normalized spacial score (nSPS) is 11.1. The molecule has 232 valence electrons. The monoisotopic (exact) mass is 652 g/mol. The van der Waals surface area contributed by atoms with Gasteiger partial charge < -0.3 is 4.57 Å². The van der Waals surface area contributed by atoms with E-state index in [-0.39, 0.29) is 0 Å². The highest BCUT2D eigenvalue weighted by Gasteiger charge is 2.41. The van der Waals surface area contributed by atoms with Crippen LogP contribution in [-0.4, -0.2) is 12.6 Å². The van der Waals surface area contributed by atoms with Crippen molar-refractivity contribution in [3.05, 3.63) is 187 Å². The molecule has 0 radical (unpaired) electrons. The van der Waals surface area contributed by atoms with Crippen LogP contribution in [0.5, 0.6) is 0 Å². The molecular weight excluding hydrogens is 625 g/mol. The number of aromatic nitrogens is 1. The molecule has 0 aliphatic carbocycles. The average Bonchev–Trinajstić information content (AvgIpc) is 3.52. The van der Waals surface area contributed by atoms with Crippen molar-refractivity contribution in [1.82, 2.24) is 4.57 Å². The van der Waals surface area contributed by atoms with Gasteiger partial charge in [-0.3, -0.25) is 0 Å². The summed E-state index contributed by atoms with van der Waals surface area (Å²) in [5.74, 6) is 0. The van der Waals surface area contributed by atoms with Gasteiger partial charge in [0.05, 0.1) is 45.9 Å². The standard InChI is InChI=1S/C45H28N4Si/c46-29-32-16-22-44-42(26-32)43-27-33(30-47)17-23-45(43)49(44)37-25-34(31-48)24-36(28-37)35-18-20-41(21-19-35)50(38-10-4-1-5-11-38,39-12-6-2-7-13-39)40-14-8-3-9-15-40/h1-28H. The molecule has 8 rings (SSSR count). The number of hydrogen-bond donors (Lipinski definition) is 0. The van der Waals surface area contributed by atoms with E-state index in [0.29, 0.717) is 16.7 Å². The van der Waals surface area contributed by atoms with Crippen LogP contribution in [0.4, 0.5) is 0 Å². The lowest BCUT2D eigenvalue weighted by atomic mass is 10.0. The minimum Gasteiger partial charge on any atom is -0.309 e. The average molecular weight is 653 g/mol. The fourth-order valence-electron chi connectivity index (χ4n) is 7.39. The van der Waals surface area contributed by atoms with Gasteiger partial charge in [-0.2, -0.15) is 15.8 Å². The van der Waals surface area contributed by atoms with Crippen molar-refractivity contribution in [3.63, 3.8) is 0 Å². The zero-order valence-corrected chi connectivity index (χ0v) is 28.0. The number of hydrogen-bond acceptors (Lipinski definition) is 3. The molecule has 50 heavy (non-hydrogen) atoms. The Kier molecular flexibility index (Phi) is 7.63. The minimum atomic E-state index is -2.68. The third kappa shape index (κ3) is 4.97. The maximum atomic E-state index is 10.2. The molecule has 0 unspecified atom stereocenters. The lowest BCUT2D eigenvalue weighted by Gasteiger charge is -2.34. The quantitative estimate of drug-likeness (QED) is 0.138. The van der Waals surface area contributed by atoms with Gasteiger partial charge in [0.2, 0.25) is 0 Å². The molecule has 0 saturated carbocycles. The van der Waals surface area contributed by atoms with E-state index in [1.165, 1.54) is 20.7 Å². The third-order valence-corrected chi connectivity index (χ3v) is 14.4. The fourth-order valence-corrected chi connectivity index (χ4v) is 12.1. The van der Waals surface area contributed by atoms with E-state index in [9.17, 15) is 15.8 Å². The lowest BCUT2D eigenvalue weighted by molar-refractivity contribution is 1.18. The van der Waals surface area contributed by atoms with Crippen LogP contribution in [0.15, 0.2) is 170 Å². The van der Waals surface area contributed by atoms with Crippen molar-refractivity contribution in [2.45, 2.75) is 0 Å². The molecule has 0 atom stereocenters. The number of nitriles is 3. The Hall–Kier alpha value is -6.97. The molecular formula is C45H28N4Si. The highest BCUT2D eigenvalue weighted by atomic mass is 28.3. The molecule has 1 heterocycles. The van der Waals surface area contributed by atoms with E-state index in [1.807, 2.05) is 36.4 Å². The van der Waals surface area contributed by atoms with Crippen LogP contribution < -0.4 is 20.7 Å². The predicted molar refractivity (Wildman–Crippen MR) is 204 cm³/mol. The molecule has 0 aliphatic heterocycles. The molecule has 7 aromatic carbocycles. The van der Waals surface area contributed by atoms with Crippen LogP contribution in [0.3, 0.4) is 0 Å². The Morgan fingerprint density at radius 2 is 0.820 bits per heavy atom. The van der Waals surface area contributed by atoms with Gasteiger partial charge in [-0.1, -0.05) is 115 Å². The van der Waals surface area contributed by atoms with Crippen molar-refractivity contribution < 1.29 is 0 Å². The topological polar surface area (TPSA) is 76.3 Å². The highest BCUT2D eigenvalue weighted by molar-refractivity contribution is 7.19. The number of rotatable bonds is 6. The first-order chi connectivity index (χ1) is 24.6. The van der Waals surface area contributed by atoms with Gasteiger partial charge in [0.15, 0.2) is 8.07 Å². The van der Waals surface area contributed by atoms with Crippen molar-refractivity contribution in [1.29, 1.82) is 15.8 Å². The van der Waals surface area contributed by atoms with Crippen molar-refractivity contribution >= 4 is 50.6 Å². The molecule has 4 nitrogen and oxygen atoms in total. The predicted octanol–water partition coefficient (Wildman–Crippen LogP) is 7.44. The second kappa shape index (κ2) is 12.6.